The Morgan fingerprint density at radius 3 is 2.56 bits per heavy atom. The maximum absolute atomic E-state index is 9.69. The van der Waals surface area contributed by atoms with Crippen molar-refractivity contribution >= 4 is 28.1 Å². The van der Waals surface area contributed by atoms with Gasteiger partial charge in [0.2, 0.25) is 0 Å². The molecule has 0 amide bonds. The Bertz CT molecular complexity index is 1110. The van der Waals surface area contributed by atoms with Gasteiger partial charge in [0.25, 0.3) is 0 Å². The topological polar surface area (TPSA) is 93.3 Å². The minimum absolute atomic E-state index is 0.183. The van der Waals surface area contributed by atoms with E-state index < -0.39 is 0 Å². The van der Waals surface area contributed by atoms with Crippen LogP contribution in [-0.2, 0) is 0 Å². The van der Waals surface area contributed by atoms with Crippen molar-refractivity contribution in [3.05, 3.63) is 67.0 Å². The first-order chi connectivity index (χ1) is 13.1. The van der Waals surface area contributed by atoms with E-state index >= 15 is 0 Å². The van der Waals surface area contributed by atoms with Gasteiger partial charge in [-0.2, -0.15) is 0 Å². The van der Waals surface area contributed by atoms with Crippen molar-refractivity contribution in [3.8, 4) is 22.6 Å². The van der Waals surface area contributed by atoms with Gasteiger partial charge in [-0.15, -0.1) is 0 Å². The number of aromatic nitrogens is 2. The molecule has 0 radical (unpaired) electrons. The molecule has 0 aliphatic heterocycles. The average Bonchev–Trinajstić information content (AvgIpc) is 2.68. The number of aromatic hydroxyl groups is 1. The Labute approximate surface area is 156 Å². The van der Waals surface area contributed by atoms with E-state index in [2.05, 4.69) is 15.3 Å². The Morgan fingerprint density at radius 1 is 1.00 bits per heavy atom. The predicted octanol–water partition coefficient (Wildman–Crippen LogP) is 4.34. The molecule has 3 aromatic carbocycles. The van der Waals surface area contributed by atoms with Crippen LogP contribution in [-0.4, -0.2) is 22.2 Å². The van der Waals surface area contributed by atoms with Gasteiger partial charge in [-0.1, -0.05) is 18.2 Å². The summed E-state index contributed by atoms with van der Waals surface area (Å²) in [5.74, 6) is 1.54. The molecule has 1 aromatic heterocycles. The van der Waals surface area contributed by atoms with Crippen LogP contribution < -0.4 is 15.8 Å². The molecule has 27 heavy (non-hydrogen) atoms. The minimum atomic E-state index is 0.183. The van der Waals surface area contributed by atoms with Gasteiger partial charge in [-0.3, -0.25) is 0 Å². The fourth-order valence-corrected chi connectivity index (χ4v) is 2.96. The molecule has 4 rings (SSSR count). The lowest BCUT2D eigenvalue weighted by atomic mass is 10.0. The lowest BCUT2D eigenvalue weighted by molar-refractivity contribution is 0.417. The molecule has 0 aliphatic carbocycles. The van der Waals surface area contributed by atoms with Gasteiger partial charge in [-0.05, 0) is 35.9 Å². The highest BCUT2D eigenvalue weighted by Crippen LogP contribution is 2.36. The molecule has 6 nitrogen and oxygen atoms in total. The smallest absolute Gasteiger partial charge is 0.141 e. The quantitative estimate of drug-likeness (QED) is 0.470. The highest BCUT2D eigenvalue weighted by atomic mass is 16.5. The molecule has 0 saturated carbocycles. The van der Waals surface area contributed by atoms with Crippen molar-refractivity contribution in [1.29, 1.82) is 0 Å². The number of benzene rings is 3. The van der Waals surface area contributed by atoms with E-state index in [1.807, 2.05) is 42.5 Å². The first-order valence-corrected chi connectivity index (χ1v) is 8.39. The van der Waals surface area contributed by atoms with E-state index in [-0.39, 0.29) is 5.75 Å². The summed E-state index contributed by atoms with van der Waals surface area (Å²) < 4.78 is 5.57. The zero-order chi connectivity index (χ0) is 18.8. The monoisotopic (exact) mass is 358 g/mol. The summed E-state index contributed by atoms with van der Waals surface area (Å²) in [6.45, 7) is 0. The summed E-state index contributed by atoms with van der Waals surface area (Å²) in [6.07, 6.45) is 1.50. The molecule has 134 valence electrons. The fourth-order valence-electron chi connectivity index (χ4n) is 2.96. The first-order valence-electron chi connectivity index (χ1n) is 8.39. The Kier molecular flexibility index (Phi) is 4.22. The molecule has 1 heterocycles. The number of phenolic OH excluding ortho intramolecular Hbond substituents is 1. The summed E-state index contributed by atoms with van der Waals surface area (Å²) in [6, 6.07) is 18.4. The lowest BCUT2D eigenvalue weighted by Crippen LogP contribution is -1.97. The van der Waals surface area contributed by atoms with E-state index in [9.17, 15) is 5.11 Å². The van der Waals surface area contributed by atoms with Crippen LogP contribution in [0.4, 0.5) is 17.2 Å². The number of ether oxygens (including phenoxy) is 1. The number of anilines is 3. The Morgan fingerprint density at radius 2 is 1.81 bits per heavy atom. The molecular formula is C21H18N4O2. The number of methoxy groups -OCH3 is 1. The van der Waals surface area contributed by atoms with Gasteiger partial charge < -0.3 is 20.9 Å². The fraction of sp³-hybridized carbons (Fsp3) is 0.0476. The molecular weight excluding hydrogens is 340 g/mol. The first kappa shape index (κ1) is 16.7. The number of rotatable bonds is 4. The van der Waals surface area contributed by atoms with Crippen LogP contribution in [0, 0.1) is 0 Å². The maximum Gasteiger partial charge on any atom is 0.141 e. The number of hydrogen-bond donors (Lipinski definition) is 3. The highest BCUT2D eigenvalue weighted by molar-refractivity contribution is 5.96. The molecule has 4 aromatic rings. The van der Waals surface area contributed by atoms with Crippen molar-refractivity contribution in [2.75, 3.05) is 18.2 Å². The van der Waals surface area contributed by atoms with E-state index in [1.165, 1.54) is 6.33 Å². The Hall–Kier alpha value is -3.80. The number of phenols is 1. The average molecular weight is 358 g/mol. The van der Waals surface area contributed by atoms with E-state index in [0.717, 1.165) is 27.7 Å². The second-order valence-corrected chi connectivity index (χ2v) is 6.09. The number of nitrogens with two attached hydrogens (primary N) is 1. The SMILES string of the molecule is COc1cc2ncnc(Nc3cccc(O)c3)c2cc1-c1ccc(N)cc1. The number of nitrogens with zero attached hydrogens (tertiary/aromatic N) is 2. The summed E-state index contributed by atoms with van der Waals surface area (Å²) in [5.41, 5.74) is 9.89. The lowest BCUT2D eigenvalue weighted by Gasteiger charge is -2.13. The van der Waals surface area contributed by atoms with E-state index in [4.69, 9.17) is 10.5 Å². The summed E-state index contributed by atoms with van der Waals surface area (Å²) in [7, 11) is 1.63. The van der Waals surface area contributed by atoms with Gasteiger partial charge in [0.15, 0.2) is 0 Å². The second-order valence-electron chi connectivity index (χ2n) is 6.09. The van der Waals surface area contributed by atoms with Crippen LogP contribution in [0.1, 0.15) is 0 Å². The van der Waals surface area contributed by atoms with Gasteiger partial charge in [-0.25, -0.2) is 9.97 Å². The van der Waals surface area contributed by atoms with Crippen molar-refractivity contribution in [3.63, 3.8) is 0 Å². The van der Waals surface area contributed by atoms with Crippen molar-refractivity contribution in [2.45, 2.75) is 0 Å². The molecule has 0 unspecified atom stereocenters. The van der Waals surface area contributed by atoms with Crippen LogP contribution in [0.2, 0.25) is 0 Å². The number of nitrogens with one attached hydrogen (secondary N) is 1. The molecule has 0 spiro atoms. The van der Waals surface area contributed by atoms with Crippen LogP contribution >= 0.6 is 0 Å². The maximum atomic E-state index is 9.69. The van der Waals surface area contributed by atoms with E-state index in [1.54, 1.807) is 25.3 Å². The van der Waals surface area contributed by atoms with Crippen molar-refractivity contribution in [2.24, 2.45) is 0 Å². The molecule has 0 saturated heterocycles. The normalized spacial score (nSPS) is 10.7. The van der Waals surface area contributed by atoms with Gasteiger partial charge in [0.1, 0.15) is 23.6 Å². The minimum Gasteiger partial charge on any atom is -0.508 e. The number of fused-ring (bicyclic) bond motifs is 1. The highest BCUT2D eigenvalue weighted by Gasteiger charge is 2.12. The van der Waals surface area contributed by atoms with Crippen LogP contribution in [0.15, 0.2) is 67.0 Å². The third-order valence-electron chi connectivity index (χ3n) is 4.29. The number of hydrogen-bond acceptors (Lipinski definition) is 6. The van der Waals surface area contributed by atoms with Crippen molar-refractivity contribution in [1.82, 2.24) is 9.97 Å². The van der Waals surface area contributed by atoms with Crippen LogP contribution in [0.25, 0.3) is 22.0 Å². The molecule has 6 heteroatoms. The molecule has 0 bridgehead atoms. The standard InChI is InChI=1S/C21H18N4O2/c1-27-20-11-19-18(10-17(20)13-5-7-14(22)8-6-13)21(24-12-23-19)25-15-3-2-4-16(26)9-15/h2-12,26H,22H2,1H3,(H,23,24,25). The summed E-state index contributed by atoms with van der Waals surface area (Å²) >= 11 is 0. The Balaban J connectivity index is 1.86. The second kappa shape index (κ2) is 6.84. The van der Waals surface area contributed by atoms with Gasteiger partial charge >= 0.3 is 0 Å². The van der Waals surface area contributed by atoms with Crippen LogP contribution in [0.5, 0.6) is 11.5 Å². The third-order valence-corrected chi connectivity index (χ3v) is 4.29. The molecule has 0 aliphatic rings. The van der Waals surface area contributed by atoms with Crippen molar-refractivity contribution < 1.29 is 9.84 Å². The summed E-state index contributed by atoms with van der Waals surface area (Å²) in [5, 5.41) is 13.8. The zero-order valence-electron chi connectivity index (χ0n) is 14.7. The van der Waals surface area contributed by atoms with Gasteiger partial charge in [0, 0.05) is 34.5 Å². The largest absolute Gasteiger partial charge is 0.508 e. The number of nitrogen functional groups attached to an aromatic ring is 1. The van der Waals surface area contributed by atoms with Crippen LogP contribution in [0.3, 0.4) is 0 Å². The van der Waals surface area contributed by atoms with E-state index in [0.29, 0.717) is 17.3 Å². The zero-order valence-corrected chi connectivity index (χ0v) is 14.7. The molecule has 0 atom stereocenters. The summed E-state index contributed by atoms with van der Waals surface area (Å²) in [4.78, 5) is 8.73. The predicted molar refractivity (Wildman–Crippen MR) is 107 cm³/mol. The third kappa shape index (κ3) is 3.32. The molecule has 0 fully saturated rings. The van der Waals surface area contributed by atoms with Gasteiger partial charge in [0.05, 0.1) is 12.6 Å². The molecule has 4 N–H and O–H groups in total.